The van der Waals surface area contributed by atoms with E-state index in [-0.39, 0.29) is 6.10 Å². The van der Waals surface area contributed by atoms with E-state index in [1.807, 2.05) is 67.1 Å². The average Bonchev–Trinajstić information content (AvgIpc) is 3.50. The Bertz CT molecular complexity index is 1560. The van der Waals surface area contributed by atoms with Crippen LogP contribution in [0.1, 0.15) is 12.0 Å². The third-order valence-electron chi connectivity index (χ3n) is 6.20. The summed E-state index contributed by atoms with van der Waals surface area (Å²) >= 11 is 0. The van der Waals surface area contributed by atoms with Crippen LogP contribution < -0.4 is 20.5 Å². The van der Waals surface area contributed by atoms with Crippen molar-refractivity contribution < 1.29 is 9.47 Å². The molecule has 0 aliphatic carbocycles. The molecule has 0 amide bonds. The van der Waals surface area contributed by atoms with Gasteiger partial charge in [-0.2, -0.15) is 0 Å². The second kappa shape index (κ2) is 8.52. The number of aromatic nitrogens is 5. The number of nitrogens with one attached hydrogen (secondary N) is 1. The number of nitrogens with two attached hydrogens (primary N) is 1. The first kappa shape index (κ1) is 21.3. The number of hydrogen-bond acceptors (Lipinski definition) is 8. The standard InChI is InChI=1S/C26H25N7O2/c1-15-11-16(3-7-22(15)34-17-4-6-21-20(12-17)29-14-33(21)2)26-30-19-5-8-23(31-24(19)25(27)32-26)35-18-9-10-28-13-18/h3-8,11-12,14,18,28H,9-10,13H2,1-2H3,(H2,27,30,32)/t18-/m0/s1. The van der Waals surface area contributed by atoms with E-state index < -0.39 is 0 Å². The number of hydrogen-bond donors (Lipinski definition) is 2. The summed E-state index contributed by atoms with van der Waals surface area (Å²) in [6.45, 7) is 3.77. The number of aryl methyl sites for hydroxylation is 2. The van der Waals surface area contributed by atoms with E-state index in [0.29, 0.717) is 28.6 Å². The second-order valence-corrected chi connectivity index (χ2v) is 8.77. The Morgan fingerprint density at radius 3 is 2.77 bits per heavy atom. The van der Waals surface area contributed by atoms with Gasteiger partial charge >= 0.3 is 0 Å². The first-order valence-corrected chi connectivity index (χ1v) is 11.5. The van der Waals surface area contributed by atoms with E-state index in [1.54, 1.807) is 6.33 Å². The molecule has 2 aromatic carbocycles. The topological polar surface area (TPSA) is 113 Å². The SMILES string of the molecule is Cc1cc(-c2nc(N)c3nc(O[C@H]4CCNC4)ccc3n2)ccc1Oc1ccc2c(c1)ncn2C. The van der Waals surface area contributed by atoms with E-state index in [1.165, 1.54) is 0 Å². The minimum atomic E-state index is 0.121. The summed E-state index contributed by atoms with van der Waals surface area (Å²) < 4.78 is 14.1. The van der Waals surface area contributed by atoms with Gasteiger partial charge in [0.15, 0.2) is 11.6 Å². The van der Waals surface area contributed by atoms with E-state index in [9.17, 15) is 0 Å². The van der Waals surface area contributed by atoms with Gasteiger partial charge in [-0.1, -0.05) is 0 Å². The normalized spacial score (nSPS) is 15.7. The van der Waals surface area contributed by atoms with Gasteiger partial charge in [0, 0.05) is 31.3 Å². The molecule has 9 nitrogen and oxygen atoms in total. The summed E-state index contributed by atoms with van der Waals surface area (Å²) in [5, 5.41) is 3.28. The zero-order valence-electron chi connectivity index (χ0n) is 19.5. The second-order valence-electron chi connectivity index (χ2n) is 8.77. The number of nitrogens with zero attached hydrogens (tertiary/aromatic N) is 5. The highest BCUT2D eigenvalue weighted by Crippen LogP contribution is 2.31. The van der Waals surface area contributed by atoms with Gasteiger partial charge in [0.1, 0.15) is 23.1 Å². The number of anilines is 1. The lowest BCUT2D eigenvalue weighted by molar-refractivity contribution is 0.215. The molecule has 3 aromatic heterocycles. The smallest absolute Gasteiger partial charge is 0.214 e. The van der Waals surface area contributed by atoms with Crippen molar-refractivity contribution in [3.8, 4) is 28.8 Å². The maximum atomic E-state index is 6.27. The van der Waals surface area contributed by atoms with Crippen molar-refractivity contribution in [3.05, 3.63) is 60.4 Å². The van der Waals surface area contributed by atoms with E-state index >= 15 is 0 Å². The van der Waals surface area contributed by atoms with E-state index in [0.717, 1.165) is 53.2 Å². The van der Waals surface area contributed by atoms with Crippen LogP contribution in [0.5, 0.6) is 17.4 Å². The van der Waals surface area contributed by atoms with Crippen LogP contribution in [-0.2, 0) is 7.05 Å². The van der Waals surface area contributed by atoms with Crippen LogP contribution in [-0.4, -0.2) is 43.7 Å². The van der Waals surface area contributed by atoms with Crippen LogP contribution in [0.15, 0.2) is 54.9 Å². The summed E-state index contributed by atoms with van der Waals surface area (Å²) in [5.74, 6) is 2.88. The fourth-order valence-electron chi connectivity index (χ4n) is 4.32. The summed E-state index contributed by atoms with van der Waals surface area (Å²) in [4.78, 5) is 18.2. The van der Waals surface area contributed by atoms with Crippen molar-refractivity contribution in [2.75, 3.05) is 18.8 Å². The highest BCUT2D eigenvalue weighted by atomic mass is 16.5. The van der Waals surface area contributed by atoms with Crippen molar-refractivity contribution in [2.45, 2.75) is 19.4 Å². The molecule has 1 aliphatic rings. The van der Waals surface area contributed by atoms with Gasteiger partial charge in [0.2, 0.25) is 5.88 Å². The zero-order valence-corrected chi connectivity index (χ0v) is 19.5. The molecular weight excluding hydrogens is 442 g/mol. The lowest BCUT2D eigenvalue weighted by Crippen LogP contribution is -2.20. The van der Waals surface area contributed by atoms with Gasteiger partial charge in [0.05, 0.1) is 22.9 Å². The molecule has 1 aliphatic heterocycles. The fourth-order valence-corrected chi connectivity index (χ4v) is 4.32. The quantitative estimate of drug-likeness (QED) is 0.399. The molecule has 0 saturated carbocycles. The fraction of sp³-hybridized carbons (Fsp3) is 0.231. The molecular formula is C26H25N7O2. The molecule has 0 spiro atoms. The minimum Gasteiger partial charge on any atom is -0.473 e. The van der Waals surface area contributed by atoms with Gasteiger partial charge < -0.3 is 25.1 Å². The molecule has 1 atom stereocenters. The molecule has 176 valence electrons. The number of imidazole rings is 1. The molecule has 0 bridgehead atoms. The van der Waals surface area contributed by atoms with Crippen molar-refractivity contribution in [1.29, 1.82) is 0 Å². The minimum absolute atomic E-state index is 0.121. The molecule has 5 aromatic rings. The summed E-state index contributed by atoms with van der Waals surface area (Å²) in [7, 11) is 1.97. The predicted molar refractivity (Wildman–Crippen MR) is 135 cm³/mol. The van der Waals surface area contributed by atoms with Crippen molar-refractivity contribution in [2.24, 2.45) is 7.05 Å². The van der Waals surface area contributed by atoms with Crippen LogP contribution in [0.2, 0.25) is 0 Å². The number of ether oxygens (including phenoxy) is 2. The summed E-state index contributed by atoms with van der Waals surface area (Å²) in [6, 6.07) is 15.4. The maximum Gasteiger partial charge on any atom is 0.214 e. The van der Waals surface area contributed by atoms with Crippen LogP contribution in [0, 0.1) is 6.92 Å². The first-order valence-electron chi connectivity index (χ1n) is 11.5. The van der Waals surface area contributed by atoms with Crippen LogP contribution >= 0.6 is 0 Å². The number of nitrogen functional groups attached to an aromatic ring is 1. The lowest BCUT2D eigenvalue weighted by atomic mass is 10.1. The molecule has 9 heteroatoms. The third-order valence-corrected chi connectivity index (χ3v) is 6.20. The molecule has 4 heterocycles. The van der Waals surface area contributed by atoms with Gasteiger partial charge in [-0.15, -0.1) is 0 Å². The molecule has 3 N–H and O–H groups in total. The van der Waals surface area contributed by atoms with E-state index in [4.69, 9.17) is 20.2 Å². The third kappa shape index (κ3) is 4.10. The number of benzene rings is 2. The molecule has 0 radical (unpaired) electrons. The molecule has 1 saturated heterocycles. The predicted octanol–water partition coefficient (Wildman–Crippen LogP) is 4.00. The van der Waals surface area contributed by atoms with E-state index in [2.05, 4.69) is 20.3 Å². The van der Waals surface area contributed by atoms with Crippen molar-refractivity contribution in [3.63, 3.8) is 0 Å². The zero-order chi connectivity index (χ0) is 23.9. The molecule has 0 unspecified atom stereocenters. The van der Waals surface area contributed by atoms with Gasteiger partial charge in [0.25, 0.3) is 0 Å². The lowest BCUT2D eigenvalue weighted by Gasteiger charge is -2.13. The number of pyridine rings is 1. The van der Waals surface area contributed by atoms with Gasteiger partial charge in [-0.05, 0) is 61.9 Å². The Balaban J connectivity index is 1.26. The number of rotatable bonds is 5. The summed E-state index contributed by atoms with van der Waals surface area (Å²) in [6.07, 6.45) is 2.87. The average molecular weight is 468 g/mol. The first-order chi connectivity index (χ1) is 17.0. The molecule has 6 rings (SSSR count). The number of fused-ring (bicyclic) bond motifs is 2. The Labute approximate surface area is 202 Å². The van der Waals surface area contributed by atoms with Crippen molar-refractivity contribution >= 4 is 27.9 Å². The van der Waals surface area contributed by atoms with Crippen LogP contribution in [0.4, 0.5) is 5.82 Å². The largest absolute Gasteiger partial charge is 0.473 e. The van der Waals surface area contributed by atoms with Crippen LogP contribution in [0.25, 0.3) is 33.5 Å². The van der Waals surface area contributed by atoms with Crippen LogP contribution in [0.3, 0.4) is 0 Å². The monoisotopic (exact) mass is 467 g/mol. The maximum absolute atomic E-state index is 6.27. The van der Waals surface area contributed by atoms with Gasteiger partial charge in [-0.3, -0.25) is 0 Å². The molecule has 35 heavy (non-hydrogen) atoms. The Morgan fingerprint density at radius 1 is 1.03 bits per heavy atom. The Morgan fingerprint density at radius 2 is 1.94 bits per heavy atom. The summed E-state index contributed by atoms with van der Waals surface area (Å²) in [5.41, 5.74) is 11.2. The molecule has 1 fully saturated rings. The van der Waals surface area contributed by atoms with Gasteiger partial charge in [-0.25, -0.2) is 19.9 Å². The Hall–Kier alpha value is -4.24. The Kier molecular flexibility index (Phi) is 5.18. The van der Waals surface area contributed by atoms with Crippen molar-refractivity contribution in [1.82, 2.24) is 29.8 Å². The highest BCUT2D eigenvalue weighted by molar-refractivity contribution is 5.86. The highest BCUT2D eigenvalue weighted by Gasteiger charge is 2.18.